The molecule has 1 amide bonds. The quantitative estimate of drug-likeness (QED) is 0.276. The van der Waals surface area contributed by atoms with Gasteiger partial charge in [-0.1, -0.05) is 63.1 Å². The Balaban J connectivity index is 1.18. The number of piperazine rings is 1. The molecule has 0 aliphatic carbocycles. The van der Waals surface area contributed by atoms with Crippen LogP contribution in [-0.4, -0.2) is 70.5 Å². The van der Waals surface area contributed by atoms with Gasteiger partial charge in [-0.05, 0) is 38.1 Å². The first-order valence-corrected chi connectivity index (χ1v) is 13.9. The Labute approximate surface area is 239 Å². The summed E-state index contributed by atoms with van der Waals surface area (Å²) in [6, 6.07) is 17.8. The molecule has 5 aromatic rings. The molecular formula is C28H26BrClN8O. The molecule has 1 aliphatic heterocycles. The molecule has 0 unspecified atom stereocenters. The van der Waals surface area contributed by atoms with Crippen LogP contribution in [0.3, 0.4) is 0 Å². The van der Waals surface area contributed by atoms with Gasteiger partial charge in [-0.15, -0.1) is 5.10 Å². The first kappa shape index (κ1) is 25.7. The van der Waals surface area contributed by atoms with Crippen LogP contribution in [0.2, 0.25) is 5.02 Å². The average molecular weight is 606 g/mol. The molecule has 1 saturated heterocycles. The first-order chi connectivity index (χ1) is 18.9. The number of aromatic nitrogens is 6. The fourth-order valence-electron chi connectivity index (χ4n) is 5.22. The van der Waals surface area contributed by atoms with Crippen molar-refractivity contribution in [1.29, 1.82) is 0 Å². The van der Waals surface area contributed by atoms with E-state index in [4.69, 9.17) is 11.6 Å². The third kappa shape index (κ3) is 4.95. The van der Waals surface area contributed by atoms with Gasteiger partial charge in [0.05, 0.1) is 34.5 Å². The van der Waals surface area contributed by atoms with Crippen molar-refractivity contribution >= 4 is 39.1 Å². The zero-order valence-corrected chi connectivity index (χ0v) is 23.8. The number of rotatable bonds is 5. The van der Waals surface area contributed by atoms with Crippen LogP contribution < -0.4 is 0 Å². The van der Waals surface area contributed by atoms with E-state index < -0.39 is 0 Å². The topological polar surface area (TPSA) is 84.5 Å². The highest BCUT2D eigenvalue weighted by atomic mass is 79.9. The van der Waals surface area contributed by atoms with Gasteiger partial charge in [0.25, 0.3) is 5.91 Å². The van der Waals surface area contributed by atoms with Crippen molar-refractivity contribution in [3.63, 3.8) is 0 Å². The van der Waals surface area contributed by atoms with E-state index in [1.807, 2.05) is 65.7 Å². The molecule has 39 heavy (non-hydrogen) atoms. The molecule has 2 aromatic carbocycles. The van der Waals surface area contributed by atoms with Crippen LogP contribution in [0.5, 0.6) is 0 Å². The molecule has 3 aromatic heterocycles. The third-order valence-corrected chi connectivity index (χ3v) is 7.93. The van der Waals surface area contributed by atoms with Gasteiger partial charge in [0, 0.05) is 48.0 Å². The van der Waals surface area contributed by atoms with E-state index >= 15 is 0 Å². The van der Waals surface area contributed by atoms with Crippen LogP contribution in [0.15, 0.2) is 77.7 Å². The first-order valence-electron chi connectivity index (χ1n) is 12.7. The maximum absolute atomic E-state index is 13.7. The number of hydrogen-bond acceptors (Lipinski definition) is 6. The highest BCUT2D eigenvalue weighted by Crippen LogP contribution is 2.26. The predicted octanol–water partition coefficient (Wildman–Crippen LogP) is 5.13. The lowest BCUT2D eigenvalue weighted by molar-refractivity contribution is 0.0265. The van der Waals surface area contributed by atoms with E-state index in [9.17, 15) is 4.79 Å². The van der Waals surface area contributed by atoms with Gasteiger partial charge in [-0.3, -0.25) is 9.69 Å². The Bertz CT molecular complexity index is 1640. The molecule has 4 heterocycles. The lowest BCUT2D eigenvalue weighted by Crippen LogP contribution is -2.57. The van der Waals surface area contributed by atoms with Crippen molar-refractivity contribution in [3.8, 4) is 16.9 Å². The minimum Gasteiger partial charge on any atom is -0.335 e. The van der Waals surface area contributed by atoms with E-state index in [0.29, 0.717) is 35.9 Å². The van der Waals surface area contributed by atoms with Crippen molar-refractivity contribution in [2.24, 2.45) is 0 Å². The number of carbonyl (C=O) groups excluding carboxylic acids is 1. The predicted molar refractivity (Wildman–Crippen MR) is 153 cm³/mol. The molecule has 11 heteroatoms. The van der Waals surface area contributed by atoms with Crippen LogP contribution in [-0.2, 0) is 6.54 Å². The van der Waals surface area contributed by atoms with Crippen molar-refractivity contribution < 1.29 is 4.79 Å². The zero-order chi connectivity index (χ0) is 27.1. The second kappa shape index (κ2) is 10.5. The van der Waals surface area contributed by atoms with E-state index in [1.54, 1.807) is 21.6 Å². The summed E-state index contributed by atoms with van der Waals surface area (Å²) < 4.78 is 4.34. The summed E-state index contributed by atoms with van der Waals surface area (Å²) in [6.45, 7) is 6.07. The number of benzene rings is 2. The van der Waals surface area contributed by atoms with Crippen molar-refractivity contribution in [2.75, 3.05) is 13.1 Å². The van der Waals surface area contributed by atoms with Gasteiger partial charge in [0.2, 0.25) is 0 Å². The lowest BCUT2D eigenvalue weighted by Gasteiger charge is -2.44. The molecule has 9 nitrogen and oxygen atoms in total. The molecule has 0 N–H and O–H groups in total. The highest BCUT2D eigenvalue weighted by Gasteiger charge is 2.34. The number of amides is 1. The van der Waals surface area contributed by atoms with Crippen LogP contribution in [0, 0.1) is 0 Å². The maximum Gasteiger partial charge on any atom is 0.259 e. The van der Waals surface area contributed by atoms with Gasteiger partial charge in [-0.2, -0.15) is 5.10 Å². The molecule has 6 rings (SSSR count). The van der Waals surface area contributed by atoms with Gasteiger partial charge in [-0.25, -0.2) is 14.2 Å². The molecule has 1 fully saturated rings. The van der Waals surface area contributed by atoms with E-state index in [-0.39, 0.29) is 18.0 Å². The monoisotopic (exact) mass is 604 g/mol. The molecule has 0 spiro atoms. The van der Waals surface area contributed by atoms with Crippen molar-refractivity contribution in [2.45, 2.75) is 32.5 Å². The Morgan fingerprint density at radius 1 is 1.08 bits per heavy atom. The fourth-order valence-corrected chi connectivity index (χ4v) is 5.98. The van der Waals surface area contributed by atoms with E-state index in [1.165, 1.54) is 0 Å². The Morgan fingerprint density at radius 2 is 1.85 bits per heavy atom. The molecule has 198 valence electrons. The normalized spacial score (nSPS) is 18.1. The number of hydrogen-bond donors (Lipinski definition) is 0. The van der Waals surface area contributed by atoms with Gasteiger partial charge in [0.15, 0.2) is 5.65 Å². The Hall–Kier alpha value is -3.60. The van der Waals surface area contributed by atoms with Crippen LogP contribution in [0.1, 0.15) is 29.9 Å². The summed E-state index contributed by atoms with van der Waals surface area (Å²) in [7, 11) is 0. The fraction of sp³-hybridized carbons (Fsp3) is 0.250. The number of nitrogens with zero attached hydrogens (tertiary/aromatic N) is 8. The van der Waals surface area contributed by atoms with E-state index in [0.717, 1.165) is 27.1 Å². The SMILES string of the molecule is C[C@@H]1CN(C(=O)c2cnn3c(-c4ccccc4)ccnc23)C[C@H](C)N1Cc1cn(-c2ccc(Br)cc2Cl)nn1. The molecule has 0 radical (unpaired) electrons. The summed E-state index contributed by atoms with van der Waals surface area (Å²) in [5, 5.41) is 13.8. The second-order valence-corrected chi connectivity index (χ2v) is 11.1. The molecule has 0 bridgehead atoms. The maximum atomic E-state index is 13.7. The van der Waals surface area contributed by atoms with Crippen LogP contribution in [0.4, 0.5) is 0 Å². The highest BCUT2D eigenvalue weighted by molar-refractivity contribution is 9.10. The van der Waals surface area contributed by atoms with Crippen molar-refractivity contribution in [1.82, 2.24) is 39.4 Å². The third-order valence-electron chi connectivity index (χ3n) is 7.13. The van der Waals surface area contributed by atoms with E-state index in [2.05, 4.69) is 55.1 Å². The Kier molecular flexibility index (Phi) is 6.92. The summed E-state index contributed by atoms with van der Waals surface area (Å²) in [6.07, 6.45) is 5.26. The van der Waals surface area contributed by atoms with Gasteiger partial charge in [0.1, 0.15) is 5.56 Å². The number of carbonyl (C=O) groups is 1. The number of halogens is 2. The summed E-state index contributed by atoms with van der Waals surface area (Å²) in [5.74, 6) is -0.0584. The molecular weight excluding hydrogens is 580 g/mol. The standard InChI is InChI=1S/C28H26BrClN8O/c1-18-14-35(28(39)23-13-32-38-25(10-11-31-27(23)38)20-6-4-3-5-7-20)15-19(2)36(18)16-22-17-37(34-33-22)26-9-8-21(29)12-24(26)30/h3-13,17-19H,14-16H2,1-2H3/t18-,19+. The minimum absolute atomic E-state index is 0.0584. The number of fused-ring (bicyclic) bond motifs is 1. The largest absolute Gasteiger partial charge is 0.335 e. The van der Waals surface area contributed by atoms with Crippen LogP contribution >= 0.6 is 27.5 Å². The molecule has 1 aliphatic rings. The zero-order valence-electron chi connectivity index (χ0n) is 21.4. The summed E-state index contributed by atoms with van der Waals surface area (Å²) in [5.41, 5.74) is 4.59. The summed E-state index contributed by atoms with van der Waals surface area (Å²) >= 11 is 9.83. The van der Waals surface area contributed by atoms with Gasteiger partial charge < -0.3 is 4.90 Å². The second-order valence-electron chi connectivity index (χ2n) is 9.82. The molecule has 2 atom stereocenters. The smallest absolute Gasteiger partial charge is 0.259 e. The lowest BCUT2D eigenvalue weighted by atomic mass is 10.1. The average Bonchev–Trinajstić information content (AvgIpc) is 3.58. The van der Waals surface area contributed by atoms with Crippen LogP contribution in [0.25, 0.3) is 22.6 Å². The Morgan fingerprint density at radius 3 is 2.59 bits per heavy atom. The minimum atomic E-state index is -0.0584. The summed E-state index contributed by atoms with van der Waals surface area (Å²) in [4.78, 5) is 22.4. The molecule has 0 saturated carbocycles. The van der Waals surface area contributed by atoms with Crippen molar-refractivity contribution in [3.05, 3.63) is 93.9 Å². The van der Waals surface area contributed by atoms with Gasteiger partial charge >= 0.3 is 0 Å².